The maximum atomic E-state index is 9.44. The van der Waals surface area contributed by atoms with Gasteiger partial charge in [-0.05, 0) is 13.8 Å². The average Bonchev–Trinajstić information content (AvgIpc) is 0.811. The minimum absolute atomic E-state index is 0. The zero-order valence-electron chi connectivity index (χ0n) is 4.41. The predicted molar refractivity (Wildman–Crippen MR) is 25.4 cm³/mol. The van der Waals surface area contributed by atoms with Gasteiger partial charge in [-0.1, -0.05) is 0 Å². The maximum Gasteiger partial charge on any atom is 0.126 e. The summed E-state index contributed by atoms with van der Waals surface area (Å²) in [5.41, 5.74) is 0. The predicted octanol–water partition coefficient (Wildman–Crippen LogP) is 0.296. The molecule has 0 aliphatic rings. The summed E-state index contributed by atoms with van der Waals surface area (Å²) in [6.45, 7) is 3.06. The molecule has 0 heterocycles. The molecule has 0 saturated heterocycles. The van der Waals surface area contributed by atoms with Gasteiger partial charge in [0.05, 0.1) is 0 Å². The summed E-state index contributed by atoms with van der Waals surface area (Å²) in [6.07, 6.45) is 0. The second-order valence-electron chi connectivity index (χ2n) is 0.908. The van der Waals surface area contributed by atoms with Gasteiger partial charge in [-0.3, -0.25) is 0 Å². The molecule has 0 bridgehead atoms. The molecule has 0 N–H and O–H groups in total. The molecule has 0 fully saturated rings. The zero-order valence-corrected chi connectivity index (χ0v) is 6.41. The fourth-order valence-corrected chi connectivity index (χ4v) is 0. The number of hydrogen-bond donors (Lipinski definition) is 0. The second kappa shape index (κ2) is 9.18. The van der Waals surface area contributed by atoms with Gasteiger partial charge in [0.25, 0.3) is 0 Å². The van der Waals surface area contributed by atoms with E-state index < -0.39 is 0 Å². The Bertz CT molecular complexity index is 30.5. The van der Waals surface area contributed by atoms with E-state index in [1.807, 2.05) is 0 Å². The van der Waals surface area contributed by atoms with Gasteiger partial charge >= 0.3 is 0 Å². The third-order valence-electron chi connectivity index (χ3n) is 0. The fourth-order valence-electron chi connectivity index (χ4n) is 0. The Morgan fingerprint density at radius 2 is 1.33 bits per heavy atom. The van der Waals surface area contributed by atoms with Crippen molar-refractivity contribution < 1.29 is 4.79 Å². The molecule has 0 unspecified atom stereocenters. The molecule has 0 saturated carbocycles. The van der Waals surface area contributed by atoms with E-state index in [4.69, 9.17) is 0 Å². The Morgan fingerprint density at radius 1 is 1.33 bits per heavy atom. The standard InChI is InChI=1S/C3H6O.C.Na/c1-3(2)4;;/h1-2H3;;. The molecule has 2 heteroatoms. The monoisotopic (exact) mass is 93.0 g/mol. The molecular formula is C4H6NaO. The van der Waals surface area contributed by atoms with E-state index in [-0.39, 0.29) is 42.8 Å². The summed E-state index contributed by atoms with van der Waals surface area (Å²) in [7, 11) is 0. The van der Waals surface area contributed by atoms with Crippen LogP contribution < -0.4 is 0 Å². The molecule has 0 aliphatic heterocycles. The molecular weight excluding hydrogens is 87.0 g/mol. The van der Waals surface area contributed by atoms with Gasteiger partial charge in [0, 0.05) is 37.0 Å². The average molecular weight is 93.1 g/mol. The van der Waals surface area contributed by atoms with E-state index in [9.17, 15) is 4.79 Å². The fraction of sp³-hybridized carbons (Fsp3) is 0.500. The quantitative estimate of drug-likeness (QED) is 0.393. The Labute approximate surface area is 61.4 Å². The van der Waals surface area contributed by atoms with E-state index in [0.29, 0.717) is 0 Å². The summed E-state index contributed by atoms with van der Waals surface area (Å²) in [5.74, 6) is 0.167. The normalized spacial score (nSPS) is 4.33. The first-order valence-electron chi connectivity index (χ1n) is 1.20. The molecule has 1 nitrogen and oxygen atoms in total. The van der Waals surface area contributed by atoms with Crippen LogP contribution in [0, 0.1) is 7.43 Å². The third-order valence-corrected chi connectivity index (χ3v) is 0. The van der Waals surface area contributed by atoms with Gasteiger partial charge < -0.3 is 4.79 Å². The summed E-state index contributed by atoms with van der Waals surface area (Å²) < 4.78 is 0. The zero-order chi connectivity index (χ0) is 3.58. The molecule has 0 amide bonds. The van der Waals surface area contributed by atoms with E-state index in [2.05, 4.69) is 0 Å². The topological polar surface area (TPSA) is 17.1 Å². The van der Waals surface area contributed by atoms with E-state index in [1.165, 1.54) is 13.8 Å². The van der Waals surface area contributed by atoms with Crippen molar-refractivity contribution in [1.29, 1.82) is 0 Å². The number of hydrogen-bond acceptors (Lipinski definition) is 1. The van der Waals surface area contributed by atoms with Crippen LogP contribution in [0.4, 0.5) is 0 Å². The van der Waals surface area contributed by atoms with Crippen molar-refractivity contribution in [3.63, 3.8) is 0 Å². The van der Waals surface area contributed by atoms with Crippen molar-refractivity contribution in [2.24, 2.45) is 0 Å². The van der Waals surface area contributed by atoms with Crippen LogP contribution in [0.25, 0.3) is 0 Å². The number of ketones is 1. The Balaban J connectivity index is -0.0000000450. The van der Waals surface area contributed by atoms with Crippen molar-refractivity contribution >= 4 is 35.3 Å². The summed E-state index contributed by atoms with van der Waals surface area (Å²) in [5, 5.41) is 0. The van der Waals surface area contributed by atoms with Gasteiger partial charge in [0.2, 0.25) is 0 Å². The van der Waals surface area contributed by atoms with E-state index in [1.54, 1.807) is 0 Å². The molecule has 0 aromatic rings. The van der Waals surface area contributed by atoms with Crippen LogP contribution in [0.15, 0.2) is 0 Å². The summed E-state index contributed by atoms with van der Waals surface area (Å²) >= 11 is 0. The largest absolute Gasteiger partial charge is 0.300 e. The number of Topliss-reactive ketones (excluding diaryl/α,β-unsaturated/α-hetero) is 1. The first kappa shape index (κ1) is 15.9. The molecule has 0 atom stereocenters. The maximum absolute atomic E-state index is 9.44. The first-order valence-corrected chi connectivity index (χ1v) is 1.20. The Kier molecular flexibility index (Phi) is 24.4. The molecule has 0 aromatic carbocycles. The second-order valence-corrected chi connectivity index (χ2v) is 0.908. The van der Waals surface area contributed by atoms with Crippen molar-refractivity contribution in [3.05, 3.63) is 7.43 Å². The SMILES string of the molecule is CC(C)=O.[C].[Na]. The van der Waals surface area contributed by atoms with Crippen molar-refractivity contribution in [2.75, 3.05) is 0 Å². The van der Waals surface area contributed by atoms with Gasteiger partial charge in [-0.25, -0.2) is 0 Å². The molecule has 0 aromatic heterocycles. The minimum Gasteiger partial charge on any atom is -0.300 e. The van der Waals surface area contributed by atoms with Crippen LogP contribution in [0.2, 0.25) is 0 Å². The third kappa shape index (κ3) is 140. The van der Waals surface area contributed by atoms with Crippen molar-refractivity contribution in [2.45, 2.75) is 13.8 Å². The molecule has 0 aliphatic carbocycles. The molecule has 0 spiro atoms. The van der Waals surface area contributed by atoms with Crippen LogP contribution in [-0.2, 0) is 4.79 Å². The van der Waals surface area contributed by atoms with Crippen LogP contribution >= 0.6 is 0 Å². The Hall–Kier alpha value is 0.670. The van der Waals surface area contributed by atoms with E-state index >= 15 is 0 Å². The molecule has 0 rings (SSSR count). The van der Waals surface area contributed by atoms with Gasteiger partial charge in [0.1, 0.15) is 5.78 Å². The van der Waals surface area contributed by atoms with E-state index in [0.717, 1.165) is 0 Å². The van der Waals surface area contributed by atoms with Crippen molar-refractivity contribution in [1.82, 2.24) is 0 Å². The molecule has 6 heavy (non-hydrogen) atoms. The van der Waals surface area contributed by atoms with Crippen LogP contribution in [0.3, 0.4) is 0 Å². The summed E-state index contributed by atoms with van der Waals surface area (Å²) in [6, 6.07) is 0. The summed E-state index contributed by atoms with van der Waals surface area (Å²) in [4.78, 5) is 9.44. The number of carbonyl (C=O) groups excluding carboxylic acids is 1. The van der Waals surface area contributed by atoms with Crippen LogP contribution in [0.5, 0.6) is 0 Å². The van der Waals surface area contributed by atoms with Gasteiger partial charge in [-0.15, -0.1) is 0 Å². The van der Waals surface area contributed by atoms with Gasteiger partial charge in [-0.2, -0.15) is 0 Å². The first-order chi connectivity index (χ1) is 1.73. The Morgan fingerprint density at radius 3 is 1.33 bits per heavy atom. The minimum atomic E-state index is 0. The number of carbonyl (C=O) groups is 1. The van der Waals surface area contributed by atoms with Gasteiger partial charge in [0.15, 0.2) is 0 Å². The van der Waals surface area contributed by atoms with Crippen molar-refractivity contribution in [3.8, 4) is 0 Å². The molecule has 5 radical (unpaired) electrons. The smallest absolute Gasteiger partial charge is 0.126 e. The van der Waals surface area contributed by atoms with Crippen LogP contribution in [-0.4, -0.2) is 35.3 Å². The number of rotatable bonds is 0. The molecule has 29 valence electrons. The van der Waals surface area contributed by atoms with Crippen LogP contribution in [0.1, 0.15) is 13.8 Å².